The van der Waals surface area contributed by atoms with Crippen molar-refractivity contribution >= 4 is 39.4 Å². The van der Waals surface area contributed by atoms with Crippen LogP contribution in [0.4, 0.5) is 5.69 Å². The lowest BCUT2D eigenvalue weighted by molar-refractivity contribution is -0.137. The van der Waals surface area contributed by atoms with E-state index in [0.717, 1.165) is 15.7 Å². The van der Waals surface area contributed by atoms with Crippen LogP contribution in [0.2, 0.25) is 0 Å². The van der Waals surface area contributed by atoms with Crippen molar-refractivity contribution in [2.75, 3.05) is 12.0 Å². The number of phenols is 1. The van der Waals surface area contributed by atoms with Gasteiger partial charge in [0.1, 0.15) is 11.3 Å². The molecule has 2 aromatic carbocycles. The summed E-state index contributed by atoms with van der Waals surface area (Å²) >= 11 is 3.39. The fourth-order valence-electron chi connectivity index (χ4n) is 2.81. The van der Waals surface area contributed by atoms with Gasteiger partial charge in [0.15, 0.2) is 0 Å². The summed E-state index contributed by atoms with van der Waals surface area (Å²) < 4.78 is 5.69. The first-order valence-electron chi connectivity index (χ1n) is 7.82. The Morgan fingerprint density at radius 1 is 1.12 bits per heavy atom. The molecule has 0 saturated carbocycles. The maximum atomic E-state index is 12.9. The largest absolute Gasteiger partial charge is 0.508 e. The first kappa shape index (κ1) is 17.9. The van der Waals surface area contributed by atoms with Gasteiger partial charge < -0.3 is 14.7 Å². The second-order valence-corrected chi connectivity index (χ2v) is 6.63. The van der Waals surface area contributed by atoms with Crippen LogP contribution in [0.5, 0.6) is 5.75 Å². The Balaban J connectivity index is 2.14. The zero-order chi connectivity index (χ0) is 18.8. The number of ketones is 1. The van der Waals surface area contributed by atoms with E-state index in [-0.39, 0.29) is 11.3 Å². The first-order chi connectivity index (χ1) is 12.4. The van der Waals surface area contributed by atoms with E-state index in [9.17, 15) is 14.7 Å². The monoisotopic (exact) mass is 413 g/mol. The molecule has 0 spiro atoms. The summed E-state index contributed by atoms with van der Waals surface area (Å²) in [5, 5.41) is 9.44. The quantitative estimate of drug-likeness (QED) is 0.467. The predicted molar refractivity (Wildman–Crippen MR) is 102 cm³/mol. The number of allylic oxidation sites excluding steroid dienone is 2. The Morgan fingerprint density at radius 2 is 1.73 bits per heavy atom. The summed E-state index contributed by atoms with van der Waals surface area (Å²) in [6.45, 7) is 1.71. The van der Waals surface area contributed by atoms with E-state index >= 15 is 0 Å². The molecule has 3 rings (SSSR count). The van der Waals surface area contributed by atoms with Gasteiger partial charge in [-0.25, -0.2) is 4.79 Å². The lowest BCUT2D eigenvalue weighted by Gasteiger charge is -2.21. The molecule has 0 radical (unpaired) electrons. The first-order valence-corrected chi connectivity index (χ1v) is 8.62. The highest BCUT2D eigenvalue weighted by Gasteiger charge is 2.38. The average Bonchev–Trinajstić information content (AvgIpc) is 2.87. The fourth-order valence-corrected chi connectivity index (χ4v) is 3.07. The van der Waals surface area contributed by atoms with Crippen LogP contribution in [0.25, 0.3) is 6.08 Å². The van der Waals surface area contributed by atoms with Gasteiger partial charge in [0, 0.05) is 15.9 Å². The third-order valence-corrected chi connectivity index (χ3v) is 4.60. The summed E-state index contributed by atoms with van der Waals surface area (Å²) in [6.07, 6.45) is 1.68. The normalized spacial score (nSPS) is 15.7. The van der Waals surface area contributed by atoms with Gasteiger partial charge >= 0.3 is 5.97 Å². The predicted octanol–water partition coefficient (Wildman–Crippen LogP) is 4.03. The molecule has 1 heterocycles. The molecular weight excluding hydrogens is 398 g/mol. The number of aromatic hydroxyl groups is 1. The summed E-state index contributed by atoms with van der Waals surface area (Å²) in [5.41, 5.74) is 2.35. The number of ether oxygens (including phenoxy) is 1. The van der Waals surface area contributed by atoms with Crippen molar-refractivity contribution in [2.45, 2.75) is 6.92 Å². The lowest BCUT2D eigenvalue weighted by Crippen LogP contribution is -2.18. The highest BCUT2D eigenvalue weighted by molar-refractivity contribution is 9.10. The van der Waals surface area contributed by atoms with E-state index in [1.54, 1.807) is 30.0 Å². The van der Waals surface area contributed by atoms with Gasteiger partial charge in [-0.15, -0.1) is 0 Å². The van der Waals surface area contributed by atoms with Crippen LogP contribution in [0.1, 0.15) is 12.5 Å². The number of rotatable bonds is 3. The van der Waals surface area contributed by atoms with Crippen LogP contribution in [-0.4, -0.2) is 24.0 Å². The van der Waals surface area contributed by atoms with Gasteiger partial charge in [-0.2, -0.15) is 0 Å². The SMILES string of the molecule is COC(=O)C1=C(C)N(c2ccc(Br)cc2)/C(=C/c2ccc(O)cc2)C1=O. The highest BCUT2D eigenvalue weighted by Crippen LogP contribution is 2.36. The van der Waals surface area contributed by atoms with Gasteiger partial charge in [-0.3, -0.25) is 4.79 Å². The molecule has 6 heteroatoms. The van der Waals surface area contributed by atoms with E-state index in [1.807, 2.05) is 24.3 Å². The van der Waals surface area contributed by atoms with Gasteiger partial charge in [-0.1, -0.05) is 28.1 Å². The third-order valence-electron chi connectivity index (χ3n) is 4.07. The Kier molecular flexibility index (Phi) is 4.95. The number of benzene rings is 2. The molecule has 0 fully saturated rings. The second kappa shape index (κ2) is 7.17. The van der Waals surface area contributed by atoms with Gasteiger partial charge in [-0.05, 0) is 55.0 Å². The molecular formula is C20H16BrNO4. The van der Waals surface area contributed by atoms with Crippen molar-refractivity contribution in [3.63, 3.8) is 0 Å². The molecule has 1 aliphatic heterocycles. The fraction of sp³-hybridized carbons (Fsp3) is 0.100. The number of esters is 1. The minimum absolute atomic E-state index is 0.0143. The molecule has 0 atom stereocenters. The second-order valence-electron chi connectivity index (χ2n) is 5.71. The van der Waals surface area contributed by atoms with Crippen LogP contribution in [0.3, 0.4) is 0 Å². The van der Waals surface area contributed by atoms with Gasteiger partial charge in [0.25, 0.3) is 0 Å². The van der Waals surface area contributed by atoms with Crippen LogP contribution < -0.4 is 4.90 Å². The van der Waals surface area contributed by atoms with Crippen LogP contribution in [0.15, 0.2) is 70.0 Å². The zero-order valence-corrected chi connectivity index (χ0v) is 15.8. The maximum Gasteiger partial charge on any atom is 0.343 e. The number of hydrogen-bond acceptors (Lipinski definition) is 5. The standard InChI is InChI=1S/C20H16BrNO4/c1-12-18(20(25)26-2)19(24)17(11-13-3-9-16(23)10-4-13)22(12)15-7-5-14(21)6-8-15/h3-11,23H,1-2H3/b17-11+. The number of nitrogens with zero attached hydrogens (tertiary/aromatic N) is 1. The maximum absolute atomic E-state index is 12.9. The Bertz CT molecular complexity index is 927. The molecule has 0 amide bonds. The van der Waals surface area contributed by atoms with Crippen molar-refractivity contribution in [3.05, 3.63) is 75.5 Å². The summed E-state index contributed by atoms with van der Waals surface area (Å²) in [4.78, 5) is 26.8. The van der Waals surface area contributed by atoms with Gasteiger partial charge in [0.2, 0.25) is 5.78 Å². The van der Waals surface area contributed by atoms with E-state index < -0.39 is 11.8 Å². The van der Waals surface area contributed by atoms with E-state index in [0.29, 0.717) is 11.4 Å². The average molecular weight is 414 g/mol. The van der Waals surface area contributed by atoms with Crippen molar-refractivity contribution in [1.82, 2.24) is 0 Å². The number of anilines is 1. The zero-order valence-electron chi connectivity index (χ0n) is 14.2. The summed E-state index contributed by atoms with van der Waals surface area (Å²) in [5.74, 6) is -0.923. The Hall–Kier alpha value is -2.86. The number of hydrogen-bond donors (Lipinski definition) is 1. The van der Waals surface area contributed by atoms with Crippen LogP contribution in [-0.2, 0) is 14.3 Å². The molecule has 2 aromatic rings. The number of carbonyl (C=O) groups is 2. The summed E-state index contributed by atoms with van der Waals surface area (Å²) in [6, 6.07) is 13.9. The third kappa shape index (κ3) is 3.28. The number of Topliss-reactive ketones (excluding diaryl/α,β-unsaturated/α-hetero) is 1. The summed E-state index contributed by atoms with van der Waals surface area (Å²) in [7, 11) is 1.25. The molecule has 0 saturated heterocycles. The van der Waals surface area contributed by atoms with Crippen LogP contribution >= 0.6 is 15.9 Å². The Labute approximate surface area is 159 Å². The number of halogens is 1. The highest BCUT2D eigenvalue weighted by atomic mass is 79.9. The van der Waals surface area contributed by atoms with Crippen molar-refractivity contribution in [1.29, 1.82) is 0 Å². The van der Waals surface area contributed by atoms with Crippen molar-refractivity contribution in [3.8, 4) is 5.75 Å². The van der Waals surface area contributed by atoms with E-state index in [2.05, 4.69) is 15.9 Å². The molecule has 0 aliphatic carbocycles. The van der Waals surface area contributed by atoms with E-state index in [1.165, 1.54) is 19.2 Å². The number of carbonyl (C=O) groups excluding carboxylic acids is 2. The smallest absolute Gasteiger partial charge is 0.343 e. The van der Waals surface area contributed by atoms with Crippen LogP contribution in [0, 0.1) is 0 Å². The minimum atomic E-state index is -0.663. The topological polar surface area (TPSA) is 66.8 Å². The number of phenolic OH excluding ortho intramolecular Hbond substituents is 1. The van der Waals surface area contributed by atoms with Gasteiger partial charge in [0.05, 0.1) is 12.8 Å². The lowest BCUT2D eigenvalue weighted by atomic mass is 10.1. The molecule has 0 aromatic heterocycles. The van der Waals surface area contributed by atoms with E-state index in [4.69, 9.17) is 4.74 Å². The molecule has 0 bridgehead atoms. The molecule has 1 aliphatic rings. The molecule has 26 heavy (non-hydrogen) atoms. The molecule has 1 N–H and O–H groups in total. The number of methoxy groups -OCH3 is 1. The van der Waals surface area contributed by atoms with Crippen molar-refractivity contribution in [2.24, 2.45) is 0 Å². The molecule has 132 valence electrons. The molecule has 5 nitrogen and oxygen atoms in total. The Morgan fingerprint density at radius 3 is 2.31 bits per heavy atom. The minimum Gasteiger partial charge on any atom is -0.508 e. The molecule has 0 unspecified atom stereocenters. The van der Waals surface area contributed by atoms with Crippen molar-refractivity contribution < 1.29 is 19.4 Å².